The number of carbonyl (C=O) groups is 1. The zero-order valence-electron chi connectivity index (χ0n) is 8.37. The Kier molecular flexibility index (Phi) is 3.14. The number of hydrogen-bond acceptors (Lipinski definition) is 3. The molecule has 1 fully saturated rings. The summed E-state index contributed by atoms with van der Waals surface area (Å²) >= 11 is 0. The number of rotatable bonds is 3. The molecule has 2 rings (SSSR count). The van der Waals surface area contributed by atoms with E-state index in [1.165, 1.54) is 0 Å². The van der Waals surface area contributed by atoms with Crippen molar-refractivity contribution < 1.29 is 14.6 Å². The van der Waals surface area contributed by atoms with Gasteiger partial charge in [0.2, 0.25) is 0 Å². The number of aliphatic hydroxyl groups excluding tert-OH is 1. The summed E-state index contributed by atoms with van der Waals surface area (Å²) in [6.07, 6.45) is 0.884. The summed E-state index contributed by atoms with van der Waals surface area (Å²) in [5.74, 6) is 0.0302. The van der Waals surface area contributed by atoms with E-state index in [0.29, 0.717) is 6.42 Å². The average Bonchev–Trinajstić information content (AvgIpc) is 2.61. The molecule has 2 unspecified atom stereocenters. The second-order valence-corrected chi connectivity index (χ2v) is 3.89. The van der Waals surface area contributed by atoms with E-state index in [9.17, 15) is 9.90 Å². The molecular formula is C12H14O3. The van der Waals surface area contributed by atoms with Gasteiger partial charge in [-0.2, -0.15) is 0 Å². The van der Waals surface area contributed by atoms with Crippen molar-refractivity contribution in [3.63, 3.8) is 0 Å². The summed E-state index contributed by atoms with van der Waals surface area (Å²) in [6.45, 7) is 0. The van der Waals surface area contributed by atoms with E-state index in [-0.39, 0.29) is 5.92 Å². The molecule has 1 aliphatic rings. The van der Waals surface area contributed by atoms with Gasteiger partial charge in [-0.15, -0.1) is 0 Å². The van der Waals surface area contributed by atoms with Gasteiger partial charge in [-0.1, -0.05) is 30.3 Å². The summed E-state index contributed by atoms with van der Waals surface area (Å²) in [4.78, 5) is 10.5. The molecule has 1 aromatic carbocycles. The Morgan fingerprint density at radius 3 is 2.73 bits per heavy atom. The Morgan fingerprint density at radius 1 is 1.40 bits per heavy atom. The number of aliphatic hydroxyl groups is 1. The molecule has 1 saturated heterocycles. The standard InChI is InChI=1S/C12H14O3/c13-8-11-7-10(12(14)15-11)6-9-4-2-1-3-5-9/h1-5,8,10-12,14H,6-7H2/t10?,11?,12-/m1/s1. The van der Waals surface area contributed by atoms with E-state index in [1.54, 1.807) is 0 Å². The summed E-state index contributed by atoms with van der Waals surface area (Å²) in [7, 11) is 0. The van der Waals surface area contributed by atoms with E-state index >= 15 is 0 Å². The second kappa shape index (κ2) is 4.55. The van der Waals surface area contributed by atoms with Gasteiger partial charge < -0.3 is 14.6 Å². The predicted molar refractivity (Wildman–Crippen MR) is 55.2 cm³/mol. The minimum absolute atomic E-state index is 0.0302. The van der Waals surface area contributed by atoms with Gasteiger partial charge in [0.25, 0.3) is 0 Å². The molecule has 80 valence electrons. The highest BCUT2D eigenvalue weighted by molar-refractivity contribution is 5.56. The molecule has 3 atom stereocenters. The highest BCUT2D eigenvalue weighted by atomic mass is 16.6. The molecule has 1 aliphatic heterocycles. The molecule has 1 N–H and O–H groups in total. The Bertz CT molecular complexity index is 323. The third-order valence-corrected chi connectivity index (χ3v) is 2.75. The first-order chi connectivity index (χ1) is 7.29. The summed E-state index contributed by atoms with van der Waals surface area (Å²) in [5, 5.41) is 9.57. The third kappa shape index (κ3) is 2.43. The van der Waals surface area contributed by atoms with Crippen molar-refractivity contribution in [1.82, 2.24) is 0 Å². The molecule has 0 aromatic heterocycles. The van der Waals surface area contributed by atoms with Crippen molar-refractivity contribution in [2.45, 2.75) is 25.2 Å². The molecule has 1 heterocycles. The van der Waals surface area contributed by atoms with E-state index < -0.39 is 12.4 Å². The molecule has 0 aliphatic carbocycles. The minimum Gasteiger partial charge on any atom is -0.368 e. The maximum atomic E-state index is 10.5. The van der Waals surface area contributed by atoms with Crippen LogP contribution in [0.3, 0.4) is 0 Å². The van der Waals surface area contributed by atoms with Crippen molar-refractivity contribution in [1.29, 1.82) is 0 Å². The third-order valence-electron chi connectivity index (χ3n) is 2.75. The van der Waals surface area contributed by atoms with Crippen LogP contribution in [-0.4, -0.2) is 23.8 Å². The zero-order valence-corrected chi connectivity index (χ0v) is 8.37. The quantitative estimate of drug-likeness (QED) is 0.755. The maximum absolute atomic E-state index is 10.5. The smallest absolute Gasteiger partial charge is 0.158 e. The van der Waals surface area contributed by atoms with Crippen molar-refractivity contribution in [2.24, 2.45) is 5.92 Å². The topological polar surface area (TPSA) is 46.5 Å². The summed E-state index contributed by atoms with van der Waals surface area (Å²) in [6, 6.07) is 9.92. The van der Waals surface area contributed by atoms with Crippen molar-refractivity contribution in [2.75, 3.05) is 0 Å². The van der Waals surface area contributed by atoms with Crippen LogP contribution in [0.15, 0.2) is 30.3 Å². The van der Waals surface area contributed by atoms with Crippen LogP contribution in [0.4, 0.5) is 0 Å². The number of hydrogen-bond donors (Lipinski definition) is 1. The van der Waals surface area contributed by atoms with Gasteiger partial charge in [-0.3, -0.25) is 0 Å². The van der Waals surface area contributed by atoms with Crippen LogP contribution >= 0.6 is 0 Å². The van der Waals surface area contributed by atoms with E-state index in [2.05, 4.69) is 0 Å². The van der Waals surface area contributed by atoms with E-state index in [4.69, 9.17) is 4.74 Å². The molecule has 0 bridgehead atoms. The molecular weight excluding hydrogens is 192 g/mol. The van der Waals surface area contributed by atoms with Crippen molar-refractivity contribution in [3.8, 4) is 0 Å². The fourth-order valence-corrected chi connectivity index (χ4v) is 1.95. The fourth-order valence-electron chi connectivity index (χ4n) is 1.95. The number of ether oxygens (including phenoxy) is 1. The van der Waals surface area contributed by atoms with Gasteiger partial charge in [0.1, 0.15) is 12.4 Å². The predicted octanol–water partition coefficient (Wildman–Crippen LogP) is 1.15. The maximum Gasteiger partial charge on any atom is 0.158 e. The molecule has 0 spiro atoms. The van der Waals surface area contributed by atoms with Crippen LogP contribution in [0.25, 0.3) is 0 Å². The minimum atomic E-state index is -0.805. The Hall–Kier alpha value is -1.19. The van der Waals surface area contributed by atoms with Crippen LogP contribution in [0.5, 0.6) is 0 Å². The van der Waals surface area contributed by atoms with E-state index in [1.807, 2.05) is 30.3 Å². The molecule has 3 heteroatoms. The van der Waals surface area contributed by atoms with Gasteiger partial charge in [0.15, 0.2) is 6.29 Å². The lowest BCUT2D eigenvalue weighted by atomic mass is 9.96. The van der Waals surface area contributed by atoms with Gasteiger partial charge in [-0.25, -0.2) is 0 Å². The van der Waals surface area contributed by atoms with Crippen LogP contribution in [0, 0.1) is 5.92 Å². The SMILES string of the molecule is O=CC1CC(Cc2ccccc2)[C@H](O)O1. The average molecular weight is 206 g/mol. The Labute approximate surface area is 88.7 Å². The zero-order chi connectivity index (χ0) is 10.7. The highest BCUT2D eigenvalue weighted by Gasteiger charge is 2.33. The lowest BCUT2D eigenvalue weighted by Gasteiger charge is -2.12. The monoisotopic (exact) mass is 206 g/mol. The van der Waals surface area contributed by atoms with Gasteiger partial charge in [-0.05, 0) is 18.4 Å². The molecule has 0 radical (unpaired) electrons. The first-order valence-corrected chi connectivity index (χ1v) is 5.12. The molecule has 0 saturated carbocycles. The fraction of sp³-hybridized carbons (Fsp3) is 0.417. The summed E-state index contributed by atoms with van der Waals surface area (Å²) in [5.41, 5.74) is 1.16. The number of carbonyl (C=O) groups excluding carboxylic acids is 1. The van der Waals surface area contributed by atoms with Gasteiger partial charge in [0.05, 0.1) is 0 Å². The Balaban J connectivity index is 1.98. The summed E-state index contributed by atoms with van der Waals surface area (Å²) < 4.78 is 5.08. The van der Waals surface area contributed by atoms with Crippen LogP contribution in [0.1, 0.15) is 12.0 Å². The molecule has 1 aromatic rings. The number of benzene rings is 1. The lowest BCUT2D eigenvalue weighted by molar-refractivity contribution is -0.133. The van der Waals surface area contributed by atoms with Crippen molar-refractivity contribution >= 4 is 6.29 Å². The Morgan fingerprint density at radius 2 is 2.13 bits per heavy atom. The molecule has 15 heavy (non-hydrogen) atoms. The van der Waals surface area contributed by atoms with Gasteiger partial charge in [0, 0.05) is 5.92 Å². The van der Waals surface area contributed by atoms with Gasteiger partial charge >= 0.3 is 0 Å². The first-order valence-electron chi connectivity index (χ1n) is 5.12. The normalized spacial score (nSPS) is 30.3. The molecule has 0 amide bonds. The van der Waals surface area contributed by atoms with Crippen LogP contribution < -0.4 is 0 Å². The molecule has 3 nitrogen and oxygen atoms in total. The second-order valence-electron chi connectivity index (χ2n) is 3.89. The highest BCUT2D eigenvalue weighted by Crippen LogP contribution is 2.27. The van der Waals surface area contributed by atoms with Crippen molar-refractivity contribution in [3.05, 3.63) is 35.9 Å². The van der Waals surface area contributed by atoms with E-state index in [0.717, 1.165) is 18.3 Å². The van der Waals surface area contributed by atoms with Crippen LogP contribution in [-0.2, 0) is 16.0 Å². The van der Waals surface area contributed by atoms with Crippen LogP contribution in [0.2, 0.25) is 0 Å². The number of aldehydes is 1. The lowest BCUT2D eigenvalue weighted by Crippen LogP contribution is -2.17. The first kappa shape index (κ1) is 10.3. The largest absolute Gasteiger partial charge is 0.368 e.